The van der Waals surface area contributed by atoms with Crippen molar-refractivity contribution in [2.24, 2.45) is 5.92 Å². The molecule has 2 rings (SSSR count). The molecule has 1 heterocycles. The summed E-state index contributed by atoms with van der Waals surface area (Å²) in [4.78, 5) is 39.7. The molecule has 6 heteroatoms. The van der Waals surface area contributed by atoms with Crippen molar-refractivity contribution >= 4 is 17.8 Å². The summed E-state index contributed by atoms with van der Waals surface area (Å²) >= 11 is 0. The summed E-state index contributed by atoms with van der Waals surface area (Å²) in [6, 6.07) is 0.0332. The Hall–Kier alpha value is -1.59. The molecule has 1 aliphatic heterocycles. The van der Waals surface area contributed by atoms with E-state index in [4.69, 9.17) is 0 Å². The number of imide groups is 1. The van der Waals surface area contributed by atoms with Gasteiger partial charge in [-0.05, 0) is 32.1 Å². The van der Waals surface area contributed by atoms with Crippen molar-refractivity contribution in [3.8, 4) is 0 Å². The Kier molecular flexibility index (Phi) is 4.30. The highest BCUT2D eigenvalue weighted by Gasteiger charge is 2.34. The van der Waals surface area contributed by atoms with Gasteiger partial charge in [0, 0.05) is 33.1 Å². The minimum atomic E-state index is -0.262. The van der Waals surface area contributed by atoms with Crippen LogP contribution in [0.25, 0.3) is 0 Å². The summed E-state index contributed by atoms with van der Waals surface area (Å²) in [7, 11) is 3.45. The van der Waals surface area contributed by atoms with Gasteiger partial charge < -0.3 is 9.80 Å². The largest absolute Gasteiger partial charge is 0.343 e. The molecule has 2 fully saturated rings. The topological polar surface area (TPSA) is 60.9 Å². The Balaban J connectivity index is 1.74. The molecule has 0 N–H and O–H groups in total. The number of hydrogen-bond acceptors (Lipinski definition) is 3. The van der Waals surface area contributed by atoms with E-state index >= 15 is 0 Å². The van der Waals surface area contributed by atoms with Crippen LogP contribution in [-0.4, -0.2) is 65.8 Å². The number of carbonyl (C=O) groups excluding carboxylic acids is 3. The molecule has 112 valence electrons. The maximum atomic E-state index is 12.0. The molecule has 20 heavy (non-hydrogen) atoms. The zero-order valence-corrected chi connectivity index (χ0v) is 12.5. The first-order valence-corrected chi connectivity index (χ1v) is 7.23. The molecule has 0 spiro atoms. The second-order valence-electron chi connectivity index (χ2n) is 5.87. The Morgan fingerprint density at radius 3 is 2.55 bits per heavy atom. The first-order valence-electron chi connectivity index (χ1n) is 7.23. The van der Waals surface area contributed by atoms with Crippen LogP contribution in [0.2, 0.25) is 0 Å². The first-order chi connectivity index (χ1) is 9.41. The van der Waals surface area contributed by atoms with Gasteiger partial charge in [0.2, 0.25) is 11.8 Å². The van der Waals surface area contributed by atoms with E-state index in [1.165, 1.54) is 22.6 Å². The van der Waals surface area contributed by atoms with Gasteiger partial charge >= 0.3 is 6.03 Å². The SMILES string of the molecule is CC(C1CC1)N(C)C(=O)CCCN1C(=O)CN(C)C1=O. The highest BCUT2D eigenvalue weighted by Crippen LogP contribution is 2.34. The van der Waals surface area contributed by atoms with E-state index < -0.39 is 0 Å². The van der Waals surface area contributed by atoms with E-state index in [9.17, 15) is 14.4 Å². The van der Waals surface area contributed by atoms with Crippen molar-refractivity contribution in [1.29, 1.82) is 0 Å². The summed E-state index contributed by atoms with van der Waals surface area (Å²) in [5.41, 5.74) is 0. The lowest BCUT2D eigenvalue weighted by Gasteiger charge is -2.25. The zero-order chi connectivity index (χ0) is 14.9. The molecule has 1 saturated carbocycles. The molecule has 0 aromatic carbocycles. The predicted octanol–water partition coefficient (Wildman–Crippen LogP) is 0.917. The molecule has 0 aromatic heterocycles. The fourth-order valence-corrected chi connectivity index (χ4v) is 2.58. The fraction of sp³-hybridized carbons (Fsp3) is 0.786. The third kappa shape index (κ3) is 3.11. The van der Waals surface area contributed by atoms with E-state index in [1.54, 1.807) is 11.9 Å². The van der Waals surface area contributed by atoms with Crippen molar-refractivity contribution in [2.75, 3.05) is 27.2 Å². The van der Waals surface area contributed by atoms with Gasteiger partial charge in [0.1, 0.15) is 6.54 Å². The normalized spacial score (nSPS) is 20.6. The molecule has 4 amide bonds. The van der Waals surface area contributed by atoms with Crippen LogP contribution in [0.3, 0.4) is 0 Å². The van der Waals surface area contributed by atoms with E-state index in [2.05, 4.69) is 6.92 Å². The second-order valence-corrected chi connectivity index (χ2v) is 5.87. The van der Waals surface area contributed by atoms with Crippen LogP contribution in [0.1, 0.15) is 32.6 Å². The number of amides is 4. The van der Waals surface area contributed by atoms with E-state index in [1.807, 2.05) is 7.05 Å². The standard InChI is InChI=1S/C14H23N3O3/c1-10(11-6-7-11)16(3)12(18)5-4-8-17-13(19)9-15(2)14(17)20/h10-11H,4-9H2,1-3H3. The maximum Gasteiger partial charge on any atom is 0.326 e. The highest BCUT2D eigenvalue weighted by molar-refractivity contribution is 6.01. The van der Waals surface area contributed by atoms with Gasteiger partial charge in [-0.2, -0.15) is 0 Å². The number of carbonyl (C=O) groups is 3. The summed E-state index contributed by atoms with van der Waals surface area (Å²) in [6.45, 7) is 2.56. The minimum Gasteiger partial charge on any atom is -0.343 e. The Morgan fingerprint density at radius 1 is 1.40 bits per heavy atom. The lowest BCUT2D eigenvalue weighted by atomic mass is 10.1. The van der Waals surface area contributed by atoms with Crippen molar-refractivity contribution < 1.29 is 14.4 Å². The van der Waals surface area contributed by atoms with Crippen LogP contribution < -0.4 is 0 Å². The van der Waals surface area contributed by atoms with Crippen LogP contribution in [-0.2, 0) is 9.59 Å². The molecule has 1 aliphatic carbocycles. The fourth-order valence-electron chi connectivity index (χ4n) is 2.58. The minimum absolute atomic E-state index is 0.0943. The highest BCUT2D eigenvalue weighted by atomic mass is 16.2. The third-order valence-corrected chi connectivity index (χ3v) is 4.31. The van der Waals surface area contributed by atoms with Crippen LogP contribution in [0.15, 0.2) is 0 Å². The van der Waals surface area contributed by atoms with Crippen molar-refractivity contribution in [3.05, 3.63) is 0 Å². The Morgan fingerprint density at radius 2 is 2.05 bits per heavy atom. The van der Waals surface area contributed by atoms with Gasteiger partial charge in [0.05, 0.1) is 0 Å². The smallest absolute Gasteiger partial charge is 0.326 e. The van der Waals surface area contributed by atoms with Crippen LogP contribution in [0, 0.1) is 5.92 Å². The molecule has 1 saturated heterocycles. The molecule has 1 unspecified atom stereocenters. The molecule has 0 aromatic rings. The zero-order valence-electron chi connectivity index (χ0n) is 12.5. The molecule has 6 nitrogen and oxygen atoms in total. The van der Waals surface area contributed by atoms with Crippen LogP contribution >= 0.6 is 0 Å². The number of hydrogen-bond donors (Lipinski definition) is 0. The van der Waals surface area contributed by atoms with Crippen LogP contribution in [0.5, 0.6) is 0 Å². The molecular formula is C14H23N3O3. The molecular weight excluding hydrogens is 258 g/mol. The van der Waals surface area contributed by atoms with Gasteiger partial charge in [0.25, 0.3) is 0 Å². The van der Waals surface area contributed by atoms with E-state index in [0.29, 0.717) is 31.3 Å². The lowest BCUT2D eigenvalue weighted by Crippen LogP contribution is -2.37. The predicted molar refractivity (Wildman–Crippen MR) is 73.9 cm³/mol. The average Bonchev–Trinajstić information content (AvgIpc) is 3.21. The Labute approximate surface area is 119 Å². The summed E-state index contributed by atoms with van der Waals surface area (Å²) in [5, 5.41) is 0. The average molecular weight is 281 g/mol. The third-order valence-electron chi connectivity index (χ3n) is 4.31. The maximum absolute atomic E-state index is 12.0. The number of likely N-dealkylation sites (N-methyl/N-ethyl adjacent to an activating group) is 1. The molecule has 0 radical (unpaired) electrons. The lowest BCUT2D eigenvalue weighted by molar-refractivity contribution is -0.132. The van der Waals surface area contributed by atoms with Crippen LogP contribution in [0.4, 0.5) is 4.79 Å². The van der Waals surface area contributed by atoms with Gasteiger partial charge in [-0.1, -0.05) is 0 Å². The van der Waals surface area contributed by atoms with Crippen molar-refractivity contribution in [1.82, 2.24) is 14.7 Å². The summed E-state index contributed by atoms with van der Waals surface area (Å²) in [5.74, 6) is 0.570. The monoisotopic (exact) mass is 281 g/mol. The van der Waals surface area contributed by atoms with E-state index in [0.717, 1.165) is 0 Å². The van der Waals surface area contributed by atoms with E-state index in [-0.39, 0.29) is 24.4 Å². The van der Waals surface area contributed by atoms with Crippen molar-refractivity contribution in [2.45, 2.75) is 38.6 Å². The number of rotatable bonds is 6. The molecule has 0 bridgehead atoms. The summed E-state index contributed by atoms with van der Waals surface area (Å²) < 4.78 is 0. The quantitative estimate of drug-likeness (QED) is 0.680. The summed E-state index contributed by atoms with van der Waals surface area (Å²) in [6.07, 6.45) is 3.34. The van der Waals surface area contributed by atoms with Gasteiger partial charge in [-0.15, -0.1) is 0 Å². The second kappa shape index (κ2) is 5.81. The molecule has 1 atom stereocenters. The first kappa shape index (κ1) is 14.8. The van der Waals surface area contributed by atoms with Crippen molar-refractivity contribution in [3.63, 3.8) is 0 Å². The number of nitrogens with zero attached hydrogens (tertiary/aromatic N) is 3. The Bertz CT molecular complexity index is 420. The number of urea groups is 1. The van der Waals surface area contributed by atoms with Gasteiger partial charge in [0.15, 0.2) is 0 Å². The van der Waals surface area contributed by atoms with Gasteiger partial charge in [-0.25, -0.2) is 4.79 Å². The molecule has 2 aliphatic rings. The van der Waals surface area contributed by atoms with Gasteiger partial charge in [-0.3, -0.25) is 14.5 Å².